The van der Waals surface area contributed by atoms with Crippen molar-refractivity contribution in [3.63, 3.8) is 0 Å². The van der Waals surface area contributed by atoms with Crippen LogP contribution < -0.4 is 21.5 Å². The number of benzene rings is 1. The molecule has 3 rings (SSSR count). The van der Waals surface area contributed by atoms with Crippen LogP contribution >= 0.6 is 11.6 Å². The predicted molar refractivity (Wildman–Crippen MR) is 83.6 cm³/mol. The van der Waals surface area contributed by atoms with Crippen LogP contribution in [0, 0.1) is 5.82 Å². The molecule has 110 valence electrons. The summed E-state index contributed by atoms with van der Waals surface area (Å²) in [6.45, 7) is 0. The van der Waals surface area contributed by atoms with E-state index in [4.69, 9.17) is 11.6 Å². The van der Waals surface area contributed by atoms with E-state index >= 15 is 0 Å². The minimum atomic E-state index is -0.683. The third-order valence-electron chi connectivity index (χ3n) is 3.07. The highest BCUT2D eigenvalue weighted by Crippen LogP contribution is 2.30. The van der Waals surface area contributed by atoms with Crippen molar-refractivity contribution in [3.8, 4) is 0 Å². The molecule has 0 unspecified atom stereocenters. The van der Waals surface area contributed by atoms with Gasteiger partial charge in [0.15, 0.2) is 0 Å². The van der Waals surface area contributed by atoms with E-state index in [1.807, 2.05) is 0 Å². The Bertz CT molecular complexity index is 905. The Balaban J connectivity index is 1.93. The highest BCUT2D eigenvalue weighted by molar-refractivity contribution is 6.33. The number of hydrogen-bond acceptors (Lipinski definition) is 5. The normalized spacial score (nSPS) is 10.6. The molecular weight excluding hydrogens is 309 g/mol. The third-order valence-corrected chi connectivity index (χ3v) is 3.46. The van der Waals surface area contributed by atoms with Crippen LogP contribution in [0.4, 0.5) is 27.1 Å². The lowest BCUT2D eigenvalue weighted by Gasteiger charge is -2.15. The summed E-state index contributed by atoms with van der Waals surface area (Å²) in [4.78, 5) is 27.2. The molecule has 0 aliphatic carbocycles. The van der Waals surface area contributed by atoms with Crippen molar-refractivity contribution in [2.45, 2.75) is 0 Å². The maximum absolute atomic E-state index is 13.4. The monoisotopic (exact) mass is 317 g/mol. The second-order valence-corrected chi connectivity index (χ2v) is 4.87. The van der Waals surface area contributed by atoms with E-state index in [1.165, 1.54) is 18.2 Å². The number of anilines is 4. The first-order valence-corrected chi connectivity index (χ1v) is 6.67. The Morgan fingerprint density at radius 2 is 1.59 bits per heavy atom. The fraction of sp³-hybridized carbons (Fsp3) is 0. The molecule has 0 aliphatic rings. The molecule has 1 heterocycles. The molecule has 0 atom stereocenters. The molecule has 5 nitrogen and oxygen atoms in total. The van der Waals surface area contributed by atoms with Crippen molar-refractivity contribution in [2.24, 2.45) is 0 Å². The number of nitrogens with zero attached hydrogens (tertiary/aromatic N) is 1. The van der Waals surface area contributed by atoms with Crippen molar-refractivity contribution >= 4 is 34.4 Å². The second kappa shape index (κ2) is 5.57. The lowest BCUT2D eigenvalue weighted by Crippen LogP contribution is -2.35. The van der Waals surface area contributed by atoms with Gasteiger partial charge in [-0.2, -0.15) is 0 Å². The summed E-state index contributed by atoms with van der Waals surface area (Å²) < 4.78 is 13.4. The SMILES string of the molecule is O=c1c(Nc2ccncc2)c(Nc2cccc(F)c2Cl)c1=O. The minimum Gasteiger partial charge on any atom is -0.350 e. The summed E-state index contributed by atoms with van der Waals surface area (Å²) in [5, 5.41) is 5.38. The van der Waals surface area contributed by atoms with Gasteiger partial charge in [0.1, 0.15) is 17.2 Å². The molecule has 2 aromatic carbocycles. The molecule has 7 heteroatoms. The third kappa shape index (κ3) is 2.44. The van der Waals surface area contributed by atoms with Gasteiger partial charge in [-0.25, -0.2) is 4.39 Å². The van der Waals surface area contributed by atoms with Crippen LogP contribution in [0.2, 0.25) is 5.02 Å². The van der Waals surface area contributed by atoms with E-state index in [0.29, 0.717) is 5.69 Å². The van der Waals surface area contributed by atoms with Gasteiger partial charge in [0, 0.05) is 18.1 Å². The summed E-state index contributed by atoms with van der Waals surface area (Å²) >= 11 is 5.83. The molecule has 0 aliphatic heterocycles. The lowest BCUT2D eigenvalue weighted by molar-refractivity contribution is 0.629. The van der Waals surface area contributed by atoms with Gasteiger partial charge in [0.05, 0.1) is 10.7 Å². The standard InChI is InChI=1S/C15H9ClFN3O2/c16-11-9(17)2-1-3-10(11)20-13-12(14(21)15(13)22)19-8-4-6-18-7-5-8/h1-7,20H,(H,18,19). The largest absolute Gasteiger partial charge is 0.350 e. The Labute approximate surface area is 129 Å². The number of aromatic nitrogens is 1. The summed E-state index contributed by atoms with van der Waals surface area (Å²) in [5.41, 5.74) is -0.350. The summed E-state index contributed by atoms with van der Waals surface area (Å²) in [7, 11) is 0. The Kier molecular flexibility index (Phi) is 3.60. The van der Waals surface area contributed by atoms with Crippen molar-refractivity contribution < 1.29 is 4.39 Å². The van der Waals surface area contributed by atoms with Crippen molar-refractivity contribution in [1.29, 1.82) is 0 Å². The maximum atomic E-state index is 13.4. The van der Waals surface area contributed by atoms with E-state index in [9.17, 15) is 14.0 Å². The molecule has 1 aromatic heterocycles. The predicted octanol–water partition coefficient (Wildman–Crippen LogP) is 2.96. The van der Waals surface area contributed by atoms with Crippen molar-refractivity contribution in [3.05, 3.63) is 74.0 Å². The zero-order chi connectivity index (χ0) is 15.7. The van der Waals surface area contributed by atoms with Crippen LogP contribution in [0.3, 0.4) is 0 Å². The van der Waals surface area contributed by atoms with Gasteiger partial charge in [0.25, 0.3) is 10.9 Å². The first-order chi connectivity index (χ1) is 10.6. The van der Waals surface area contributed by atoms with Crippen LogP contribution in [0.15, 0.2) is 52.3 Å². The Hall–Kier alpha value is -2.73. The van der Waals surface area contributed by atoms with Crippen LogP contribution in [-0.4, -0.2) is 4.98 Å². The fourth-order valence-corrected chi connectivity index (χ4v) is 2.12. The summed E-state index contributed by atoms with van der Waals surface area (Å²) in [6, 6.07) is 7.46. The molecule has 3 aromatic rings. The highest BCUT2D eigenvalue weighted by Gasteiger charge is 2.22. The van der Waals surface area contributed by atoms with Crippen LogP contribution in [0.1, 0.15) is 0 Å². The number of nitrogens with one attached hydrogen (secondary N) is 2. The first-order valence-electron chi connectivity index (χ1n) is 6.29. The number of rotatable bonds is 4. The topological polar surface area (TPSA) is 71.1 Å². The van der Waals surface area contributed by atoms with E-state index in [-0.39, 0.29) is 22.1 Å². The van der Waals surface area contributed by atoms with Crippen LogP contribution in [0.25, 0.3) is 0 Å². The number of halogens is 2. The smallest absolute Gasteiger partial charge is 0.253 e. The zero-order valence-corrected chi connectivity index (χ0v) is 11.8. The molecule has 0 saturated carbocycles. The summed E-state index contributed by atoms with van der Waals surface area (Å²) in [5.74, 6) is -0.617. The number of hydrogen-bond donors (Lipinski definition) is 2. The molecule has 0 radical (unpaired) electrons. The minimum absolute atomic E-state index is 0.0503. The van der Waals surface area contributed by atoms with Gasteiger partial charge in [-0.15, -0.1) is 0 Å². The maximum Gasteiger partial charge on any atom is 0.253 e. The van der Waals surface area contributed by atoms with E-state index in [1.54, 1.807) is 24.5 Å². The van der Waals surface area contributed by atoms with Gasteiger partial charge < -0.3 is 10.6 Å². The molecule has 2 N–H and O–H groups in total. The van der Waals surface area contributed by atoms with Gasteiger partial charge in [0.2, 0.25) is 0 Å². The molecule has 0 saturated heterocycles. The van der Waals surface area contributed by atoms with Gasteiger partial charge >= 0.3 is 0 Å². The van der Waals surface area contributed by atoms with Crippen molar-refractivity contribution in [2.75, 3.05) is 10.6 Å². The lowest BCUT2D eigenvalue weighted by atomic mass is 10.1. The Morgan fingerprint density at radius 3 is 2.27 bits per heavy atom. The van der Waals surface area contributed by atoms with Gasteiger partial charge in [-0.05, 0) is 24.3 Å². The van der Waals surface area contributed by atoms with Crippen molar-refractivity contribution in [1.82, 2.24) is 4.98 Å². The highest BCUT2D eigenvalue weighted by atomic mass is 35.5. The average Bonchev–Trinajstić information content (AvgIpc) is 2.55. The Morgan fingerprint density at radius 1 is 0.955 bits per heavy atom. The van der Waals surface area contributed by atoms with Crippen LogP contribution in [0.5, 0.6) is 0 Å². The molecule has 22 heavy (non-hydrogen) atoms. The zero-order valence-electron chi connectivity index (χ0n) is 11.1. The van der Waals surface area contributed by atoms with E-state index < -0.39 is 16.7 Å². The second-order valence-electron chi connectivity index (χ2n) is 4.50. The van der Waals surface area contributed by atoms with Gasteiger partial charge in [-0.1, -0.05) is 17.7 Å². The molecule has 0 fully saturated rings. The van der Waals surface area contributed by atoms with E-state index in [2.05, 4.69) is 15.6 Å². The molecule has 0 amide bonds. The molecular formula is C15H9ClFN3O2. The van der Waals surface area contributed by atoms with E-state index in [0.717, 1.165) is 0 Å². The first kappa shape index (κ1) is 14.2. The summed E-state index contributed by atoms with van der Waals surface area (Å²) in [6.07, 6.45) is 3.09. The molecule has 0 spiro atoms. The van der Waals surface area contributed by atoms with Gasteiger partial charge in [-0.3, -0.25) is 14.6 Å². The molecule has 0 bridgehead atoms. The number of pyridine rings is 1. The fourth-order valence-electron chi connectivity index (χ4n) is 1.94. The van der Waals surface area contributed by atoms with Crippen LogP contribution in [-0.2, 0) is 0 Å². The average molecular weight is 318 g/mol. The quantitative estimate of drug-likeness (QED) is 0.724.